The number of rotatable bonds is 14. The van der Waals surface area contributed by atoms with Crippen LogP contribution in [-0.2, 0) is 33.8 Å². The third kappa shape index (κ3) is 10.7. The zero-order valence-corrected chi connectivity index (χ0v) is 33.5. The first-order valence-corrected chi connectivity index (χ1v) is 17.3. The van der Waals surface area contributed by atoms with E-state index >= 15 is 0 Å². The summed E-state index contributed by atoms with van der Waals surface area (Å²) in [5.41, 5.74) is 3.09. The van der Waals surface area contributed by atoms with Crippen molar-refractivity contribution < 1.29 is 90.2 Å². The van der Waals surface area contributed by atoms with Crippen molar-refractivity contribution >= 4 is 77.6 Å². The van der Waals surface area contributed by atoms with Crippen molar-refractivity contribution in [3.8, 4) is 0 Å². The fourth-order valence-corrected chi connectivity index (χ4v) is 5.61. The summed E-state index contributed by atoms with van der Waals surface area (Å²) in [6.07, 6.45) is 1.28. The van der Waals surface area contributed by atoms with E-state index in [0.717, 1.165) is 23.3 Å². The minimum Gasteiger partial charge on any atom is -0.748 e. The largest absolute Gasteiger partial charge is 1.00 e. The summed E-state index contributed by atoms with van der Waals surface area (Å²) in [5.74, 6) is -0.172. The minimum atomic E-state index is -4.62. The normalized spacial score (nSPS) is 11.5. The molecule has 19 nitrogen and oxygen atoms in total. The number of nitrogens with zero attached hydrogens (tertiary/aromatic N) is 9. The van der Waals surface area contributed by atoms with Crippen LogP contribution in [0.4, 0.5) is 46.4 Å². The van der Waals surface area contributed by atoms with E-state index in [0.29, 0.717) is 22.4 Å². The molecule has 51 heavy (non-hydrogen) atoms. The van der Waals surface area contributed by atoms with Gasteiger partial charge in [-0.25, -0.2) is 21.7 Å². The molecule has 0 saturated carbocycles. The van der Waals surface area contributed by atoms with Crippen LogP contribution in [0.5, 0.6) is 0 Å². The molecule has 4 N–H and O–H groups in total. The molecule has 3 aromatic heterocycles. The number of nitrogens with one attached hydrogen (secondary N) is 3. The molecule has 23 heteroatoms. The molecule has 0 aliphatic rings. The Morgan fingerprint density at radius 1 is 0.941 bits per heavy atom. The number of aryl methyl sites for hydroxylation is 2. The van der Waals surface area contributed by atoms with Gasteiger partial charge in [0, 0.05) is 48.3 Å². The van der Waals surface area contributed by atoms with Crippen molar-refractivity contribution in [2.24, 2.45) is 17.3 Å². The zero-order valence-electron chi connectivity index (χ0n) is 27.9. The Morgan fingerprint density at radius 3 is 2.18 bits per heavy atom. The van der Waals surface area contributed by atoms with Crippen LogP contribution in [0.2, 0.25) is 0 Å². The van der Waals surface area contributed by atoms with Crippen LogP contribution in [0.1, 0.15) is 12.1 Å². The predicted molar refractivity (Wildman–Crippen MR) is 176 cm³/mol. The molecule has 0 saturated heterocycles. The van der Waals surface area contributed by atoms with E-state index in [1.165, 1.54) is 23.0 Å². The molecule has 2 aromatic carbocycles. The van der Waals surface area contributed by atoms with Crippen LogP contribution >= 0.6 is 0 Å². The maximum atomic E-state index is 11.3. The van der Waals surface area contributed by atoms with Crippen molar-refractivity contribution in [2.45, 2.75) is 24.8 Å². The molecular weight excluding hydrogens is 726 g/mol. The number of aliphatic hydroxyl groups is 1. The summed E-state index contributed by atoms with van der Waals surface area (Å²) >= 11 is 0. The van der Waals surface area contributed by atoms with Gasteiger partial charge in [0.15, 0.2) is 5.82 Å². The zero-order chi connectivity index (χ0) is 35.3. The van der Waals surface area contributed by atoms with Crippen LogP contribution in [0.3, 0.4) is 0 Å². The number of hydrogen-bond acceptors (Lipinski definition) is 16. The van der Waals surface area contributed by atoms with Crippen LogP contribution in [0, 0.1) is 13.5 Å². The van der Waals surface area contributed by atoms with Crippen LogP contribution in [-0.4, -0.2) is 79.3 Å². The Labute approximate surface area is 336 Å². The molecule has 5 rings (SSSR count). The second-order valence-electron chi connectivity index (χ2n) is 10.4. The van der Waals surface area contributed by atoms with Crippen LogP contribution < -0.4 is 75.1 Å². The van der Waals surface area contributed by atoms with Crippen molar-refractivity contribution in [3.63, 3.8) is 0 Å². The van der Waals surface area contributed by atoms with Gasteiger partial charge in [-0.1, -0.05) is 0 Å². The molecule has 0 radical (unpaired) electrons. The van der Waals surface area contributed by atoms with E-state index in [4.69, 9.17) is 6.57 Å². The van der Waals surface area contributed by atoms with Crippen molar-refractivity contribution in [1.82, 2.24) is 29.3 Å². The Kier molecular flexibility index (Phi) is 14.6. The molecule has 5 aromatic rings. The van der Waals surface area contributed by atoms with E-state index < -0.39 is 30.9 Å². The van der Waals surface area contributed by atoms with Gasteiger partial charge >= 0.3 is 59.1 Å². The molecule has 0 aliphatic heterocycles. The Morgan fingerprint density at radius 2 is 1.57 bits per heavy atom. The third-order valence-corrected chi connectivity index (χ3v) is 8.71. The van der Waals surface area contributed by atoms with Gasteiger partial charge in [-0.3, -0.25) is 4.68 Å². The van der Waals surface area contributed by atoms with Crippen LogP contribution in [0.25, 0.3) is 15.7 Å². The van der Waals surface area contributed by atoms with Gasteiger partial charge in [0.25, 0.3) is 5.69 Å². The Balaban J connectivity index is 0.00000351. The molecular formula is C28H28N12Na2O7S2. The average Bonchev–Trinajstić information content (AvgIpc) is 3.54. The molecule has 256 valence electrons. The molecule has 0 atom stereocenters. The number of fused-ring (bicyclic) bond motifs is 1. The average molecular weight is 755 g/mol. The van der Waals surface area contributed by atoms with Gasteiger partial charge in [0.1, 0.15) is 15.8 Å². The van der Waals surface area contributed by atoms with E-state index in [2.05, 4.69) is 51.1 Å². The van der Waals surface area contributed by atoms with Crippen molar-refractivity contribution in [2.75, 3.05) is 34.9 Å². The summed E-state index contributed by atoms with van der Waals surface area (Å²) in [6, 6.07) is 10.5. The fraction of sp³-hybridized carbons (Fsp3) is 0.250. The summed E-state index contributed by atoms with van der Waals surface area (Å²) in [7, 11) is -7.18. The maximum absolute atomic E-state index is 11.3. The maximum Gasteiger partial charge on any atom is 1.00 e. The second kappa shape index (κ2) is 17.8. The second-order valence-corrected chi connectivity index (χ2v) is 13.3. The molecule has 3 heterocycles. The molecule has 0 bridgehead atoms. The first kappa shape index (κ1) is 41.9. The molecule has 0 spiro atoms. The summed E-state index contributed by atoms with van der Waals surface area (Å²) in [5, 5.41) is 31.7. The molecule has 0 aliphatic carbocycles. The van der Waals surface area contributed by atoms with E-state index in [1.807, 2.05) is 24.6 Å². The fourth-order valence-electron chi connectivity index (χ4n) is 4.66. The Hall–Kier alpha value is -3.53. The third-order valence-electron chi connectivity index (χ3n) is 7.07. The topological polar surface area (TPSA) is 261 Å². The Bertz CT molecular complexity index is 2310. The quantitative estimate of drug-likeness (QED) is 0.0398. The van der Waals surface area contributed by atoms with Gasteiger partial charge in [-0.05, 0) is 55.8 Å². The smallest absolute Gasteiger partial charge is 0.748 e. The van der Waals surface area contributed by atoms with Crippen molar-refractivity contribution in [3.05, 3.63) is 65.8 Å². The van der Waals surface area contributed by atoms with E-state index in [1.54, 1.807) is 12.1 Å². The molecule has 0 amide bonds. The van der Waals surface area contributed by atoms with Gasteiger partial charge in [-0.15, -0.1) is 10.2 Å². The van der Waals surface area contributed by atoms with Crippen LogP contribution in [0.15, 0.2) is 63.8 Å². The van der Waals surface area contributed by atoms with Gasteiger partial charge < -0.3 is 34.7 Å². The van der Waals surface area contributed by atoms with E-state index in [9.17, 15) is 31.0 Å². The monoisotopic (exact) mass is 754 g/mol. The minimum absolute atomic E-state index is 0. The molecule has 0 unspecified atom stereocenters. The first-order valence-electron chi connectivity index (χ1n) is 14.3. The number of anilines is 5. The van der Waals surface area contributed by atoms with Crippen molar-refractivity contribution in [1.29, 1.82) is 0 Å². The predicted octanol–water partition coefficient (Wildman–Crippen LogP) is -2.43. The van der Waals surface area contributed by atoms with E-state index in [-0.39, 0.29) is 115 Å². The number of benzene rings is 2. The SMILES string of the molecule is [C-]#[N+]c1cnn(CCCS(=O)(=O)[O-])c1N=Nc1c(C)n(C)c2ccc(Nc3nc(NCCO)nc(Nc4ccc(S(=O)(=O)[O-])cc4)n3)cc12.[Na+].[Na+]. The number of hydrogen-bond donors (Lipinski definition) is 4. The number of aromatic nitrogens is 6. The number of azo groups is 1. The summed E-state index contributed by atoms with van der Waals surface area (Å²) in [6.45, 7) is 9.31. The first-order chi connectivity index (χ1) is 23.3. The van der Waals surface area contributed by atoms with Gasteiger partial charge in [-0.2, -0.15) is 20.1 Å². The standard InChI is InChI=1S/C28H30N12O7S2.2Na/c1-17-24(37-38-25-22(29-2)16-31-40(25)12-4-14-48(42,43)44)21-15-19(7-10-23(21)39(17)3)33-28-35-26(30-11-13-41)34-27(36-28)32-18-5-8-20(9-6-18)49(45,46)47;;/h5-10,15-16,41H,4,11-14H2,1,3H3,(H,42,43,44)(H,45,46,47)(H3,30,32,33,34,35,36);;/q;2*+1/p-2. The summed E-state index contributed by atoms with van der Waals surface area (Å²) in [4.78, 5) is 16.1. The van der Waals surface area contributed by atoms with Gasteiger partial charge in [0.2, 0.25) is 17.8 Å². The van der Waals surface area contributed by atoms with Gasteiger partial charge in [0.05, 0.1) is 39.9 Å². The number of aliphatic hydroxyl groups excluding tert-OH is 1. The molecule has 0 fully saturated rings. The summed E-state index contributed by atoms with van der Waals surface area (Å²) < 4.78 is 70.2.